The lowest BCUT2D eigenvalue weighted by atomic mass is 9.72. The van der Waals surface area contributed by atoms with E-state index in [0.717, 1.165) is 11.6 Å². The van der Waals surface area contributed by atoms with Crippen molar-refractivity contribution in [3.05, 3.63) is 113 Å². The highest BCUT2D eigenvalue weighted by Crippen LogP contribution is 2.46. The molecule has 0 aliphatic carbocycles. The maximum Gasteiger partial charge on any atom is 0.312 e. The van der Waals surface area contributed by atoms with Crippen molar-refractivity contribution in [2.24, 2.45) is 0 Å². The van der Waals surface area contributed by atoms with Crippen LogP contribution in [-0.2, 0) is 15.8 Å². The first kappa shape index (κ1) is 33.3. The van der Waals surface area contributed by atoms with Gasteiger partial charge < -0.3 is 19.8 Å². The number of nitrogens with zero attached hydrogens (tertiary/aromatic N) is 4. The number of ether oxygens (including phenoxy) is 1. The van der Waals surface area contributed by atoms with Crippen molar-refractivity contribution in [1.29, 1.82) is 0 Å². The molecule has 3 heterocycles. The van der Waals surface area contributed by atoms with Crippen LogP contribution in [0.2, 0.25) is 0 Å². The minimum absolute atomic E-state index is 0. The van der Waals surface area contributed by atoms with E-state index in [2.05, 4.69) is 15.1 Å². The molecule has 234 valence electrons. The van der Waals surface area contributed by atoms with Crippen LogP contribution < -0.4 is 5.73 Å². The van der Waals surface area contributed by atoms with Crippen molar-refractivity contribution in [3.63, 3.8) is 0 Å². The van der Waals surface area contributed by atoms with E-state index in [9.17, 15) is 13.6 Å². The predicted molar refractivity (Wildman–Crippen MR) is 167 cm³/mol. The Morgan fingerprint density at radius 1 is 0.909 bits per heavy atom. The molecule has 12 heteroatoms. The lowest BCUT2D eigenvalue weighted by molar-refractivity contribution is -0.193. The minimum atomic E-state index is -1.10. The molecule has 6 rings (SSSR count). The van der Waals surface area contributed by atoms with Crippen molar-refractivity contribution in [2.75, 3.05) is 32.0 Å². The van der Waals surface area contributed by atoms with Crippen molar-refractivity contribution in [2.45, 2.75) is 43.4 Å². The summed E-state index contributed by atoms with van der Waals surface area (Å²) in [5.41, 5.74) is 6.24. The maximum absolute atomic E-state index is 14.7. The van der Waals surface area contributed by atoms with E-state index >= 15 is 0 Å². The normalized spacial score (nSPS) is 21.6. The van der Waals surface area contributed by atoms with Gasteiger partial charge in [-0.2, -0.15) is 0 Å². The van der Waals surface area contributed by atoms with Crippen LogP contribution in [0.25, 0.3) is 0 Å². The summed E-state index contributed by atoms with van der Waals surface area (Å²) in [6.45, 7) is 3.63. The number of anilines is 1. The number of hydrogen-bond acceptors (Lipinski definition) is 7. The number of piperidine rings is 1. The second-order valence-electron chi connectivity index (χ2n) is 10.9. The van der Waals surface area contributed by atoms with E-state index < -0.39 is 28.8 Å². The first-order valence-corrected chi connectivity index (χ1v) is 14.2. The van der Waals surface area contributed by atoms with Gasteiger partial charge in [0, 0.05) is 25.2 Å². The lowest BCUT2D eigenvalue weighted by Crippen LogP contribution is -2.67. The Kier molecular flexibility index (Phi) is 10.3. The molecule has 1 amide bonds. The molecule has 0 saturated carbocycles. The Balaban J connectivity index is 0.00000221. The second kappa shape index (κ2) is 13.6. The molecule has 2 saturated heterocycles. The average molecular weight is 647 g/mol. The molecule has 1 aromatic heterocycles. The van der Waals surface area contributed by atoms with Crippen LogP contribution in [0.3, 0.4) is 0 Å². The first-order valence-electron chi connectivity index (χ1n) is 14.2. The number of halogens is 4. The van der Waals surface area contributed by atoms with E-state index in [-0.39, 0.29) is 43.3 Å². The smallest absolute Gasteiger partial charge is 0.312 e. The number of nitrogen functional groups attached to an aromatic ring is 1. The Hall–Kier alpha value is -3.57. The number of hydrogen-bond donors (Lipinski definition) is 1. The Morgan fingerprint density at radius 2 is 1.57 bits per heavy atom. The number of likely N-dealkylation sites (tertiary alicyclic amines) is 1. The number of aromatic nitrogens is 2. The maximum atomic E-state index is 14.7. The van der Waals surface area contributed by atoms with Gasteiger partial charge in [0.25, 0.3) is 5.91 Å². The fourth-order valence-corrected chi connectivity index (χ4v) is 6.67. The second-order valence-corrected chi connectivity index (χ2v) is 10.9. The molecule has 8 nitrogen and oxygen atoms in total. The fourth-order valence-electron chi connectivity index (χ4n) is 6.67. The van der Waals surface area contributed by atoms with Gasteiger partial charge in [0.1, 0.15) is 11.8 Å². The molecular formula is C32H35Cl2F2N5O3. The van der Waals surface area contributed by atoms with Crippen LogP contribution in [0.15, 0.2) is 83.3 Å². The number of carbonyl (C=O) groups is 1. The third kappa shape index (κ3) is 5.79. The molecule has 2 aliphatic rings. The Labute approximate surface area is 267 Å². The monoisotopic (exact) mass is 645 g/mol. The molecular weight excluding hydrogens is 611 g/mol. The van der Waals surface area contributed by atoms with Gasteiger partial charge in [-0.25, -0.2) is 8.78 Å². The van der Waals surface area contributed by atoms with Crippen LogP contribution >= 0.6 is 24.8 Å². The van der Waals surface area contributed by atoms with Crippen LogP contribution in [0.4, 0.5) is 14.8 Å². The van der Waals surface area contributed by atoms with Crippen LogP contribution in [-0.4, -0.2) is 58.3 Å². The highest BCUT2D eigenvalue weighted by atomic mass is 35.5. The minimum Gasteiger partial charge on any atom is -0.407 e. The van der Waals surface area contributed by atoms with Gasteiger partial charge in [0.2, 0.25) is 5.89 Å². The molecule has 2 atom stereocenters. The zero-order chi connectivity index (χ0) is 29.3. The fraction of sp³-hybridized carbons (Fsp3) is 0.344. The van der Waals surface area contributed by atoms with Gasteiger partial charge in [-0.1, -0.05) is 66.6 Å². The molecule has 2 fully saturated rings. The van der Waals surface area contributed by atoms with Crippen molar-refractivity contribution >= 4 is 36.7 Å². The largest absolute Gasteiger partial charge is 0.407 e. The molecule has 0 bridgehead atoms. The van der Waals surface area contributed by atoms with E-state index in [1.54, 1.807) is 18.2 Å². The molecule has 3 aromatic carbocycles. The number of carbonyl (C=O) groups excluding carboxylic acids is 1. The average Bonchev–Trinajstić information content (AvgIpc) is 3.49. The van der Waals surface area contributed by atoms with Gasteiger partial charge in [0.05, 0.1) is 12.0 Å². The molecule has 2 aliphatic heterocycles. The van der Waals surface area contributed by atoms with Gasteiger partial charge in [-0.3, -0.25) is 9.69 Å². The van der Waals surface area contributed by atoms with Gasteiger partial charge in [-0.05, 0) is 54.7 Å². The number of benzene rings is 3. The van der Waals surface area contributed by atoms with Crippen molar-refractivity contribution in [3.8, 4) is 0 Å². The van der Waals surface area contributed by atoms with Gasteiger partial charge >= 0.3 is 6.01 Å². The van der Waals surface area contributed by atoms with Crippen LogP contribution in [0.1, 0.15) is 53.6 Å². The molecule has 2 unspecified atom stereocenters. The summed E-state index contributed by atoms with van der Waals surface area (Å²) < 4.78 is 41.0. The number of morpholine rings is 1. The molecule has 4 aromatic rings. The number of nitrogens with two attached hydrogens (primary N) is 1. The van der Waals surface area contributed by atoms with E-state index in [0.29, 0.717) is 55.9 Å². The zero-order valence-corrected chi connectivity index (χ0v) is 25.8. The SMILES string of the molecule is CCC1(c2ccc(F)c(F)c2)OCCN(C(=O)c2ccccc2)C1N1CCC(c2ccccc2)(c2nnc(N)o2)CC1.Cl.Cl. The van der Waals surface area contributed by atoms with Crippen LogP contribution in [0, 0.1) is 11.6 Å². The predicted octanol–water partition coefficient (Wildman–Crippen LogP) is 5.96. The quantitative estimate of drug-likeness (QED) is 0.276. The number of amides is 1. The van der Waals surface area contributed by atoms with E-state index in [4.69, 9.17) is 14.9 Å². The summed E-state index contributed by atoms with van der Waals surface area (Å²) >= 11 is 0. The topological polar surface area (TPSA) is 97.7 Å². The summed E-state index contributed by atoms with van der Waals surface area (Å²) in [7, 11) is 0. The van der Waals surface area contributed by atoms with E-state index in [1.165, 1.54) is 6.07 Å². The summed E-state index contributed by atoms with van der Waals surface area (Å²) in [6.07, 6.45) is 1.04. The third-order valence-electron chi connectivity index (χ3n) is 8.79. The van der Waals surface area contributed by atoms with Gasteiger partial charge in [0.15, 0.2) is 11.6 Å². The molecule has 2 N–H and O–H groups in total. The van der Waals surface area contributed by atoms with Crippen LogP contribution in [0.5, 0.6) is 0 Å². The Morgan fingerprint density at radius 3 is 2.16 bits per heavy atom. The van der Waals surface area contributed by atoms with Gasteiger partial charge in [-0.15, -0.1) is 29.9 Å². The van der Waals surface area contributed by atoms with Crippen molar-refractivity contribution < 1.29 is 22.7 Å². The lowest BCUT2D eigenvalue weighted by Gasteiger charge is -2.55. The molecule has 0 spiro atoms. The summed E-state index contributed by atoms with van der Waals surface area (Å²) in [6, 6.07) is 23.0. The highest BCUT2D eigenvalue weighted by Gasteiger charge is 2.53. The summed E-state index contributed by atoms with van der Waals surface area (Å²) in [4.78, 5) is 18.1. The van der Waals surface area contributed by atoms with Crippen molar-refractivity contribution in [1.82, 2.24) is 20.0 Å². The molecule has 44 heavy (non-hydrogen) atoms. The first-order chi connectivity index (χ1) is 20.4. The number of rotatable bonds is 6. The standard InChI is InChI=1S/C32H33F2N5O3.2ClH/c1-2-32(24-13-14-25(33)26(34)21-24)29(39(19-20-41-32)27(40)22-9-5-3-6-10-22)38-17-15-31(16-18-38,23-11-7-4-8-12-23)28-36-37-30(35)42-28;;/h3-14,21,29H,2,15-20H2,1H3,(H2,35,37);2*1H. The summed E-state index contributed by atoms with van der Waals surface area (Å²) in [5, 5.41) is 8.23. The molecule has 0 radical (unpaired) electrons. The Bertz CT molecular complexity index is 1550. The highest BCUT2D eigenvalue weighted by molar-refractivity contribution is 5.94. The summed E-state index contributed by atoms with van der Waals surface area (Å²) in [5.74, 6) is -1.58. The van der Waals surface area contributed by atoms with E-state index in [1.807, 2.05) is 60.4 Å². The zero-order valence-electron chi connectivity index (χ0n) is 24.2. The third-order valence-corrected chi connectivity index (χ3v) is 8.79.